The molecule has 6 aromatic heterocycles. The molecule has 298 valence electrons. The number of nitrogens with one attached hydrogen (secondary N) is 2. The van der Waals surface area contributed by atoms with Crippen molar-refractivity contribution in [1.82, 2.24) is 19.9 Å². The molecule has 2 aliphatic heterocycles. The molecule has 8 heterocycles. The fourth-order valence-corrected chi connectivity index (χ4v) is 16.2. The molecule has 63 heavy (non-hydrogen) atoms. The van der Waals surface area contributed by atoms with Crippen molar-refractivity contribution in [2.45, 2.75) is 0 Å². The molecule has 0 fully saturated rings. The van der Waals surface area contributed by atoms with Crippen LogP contribution in [0.15, 0.2) is 182 Å². The van der Waals surface area contributed by atoms with E-state index >= 15 is 0 Å². The first-order valence-electron chi connectivity index (χ1n) is 20.9. The van der Waals surface area contributed by atoms with E-state index in [1.165, 1.54) is 70.1 Å². The Bertz CT molecular complexity index is 3720. The van der Waals surface area contributed by atoms with Crippen LogP contribution >= 0.6 is 0 Å². The SMILES string of the molecule is C1=Cc2nc1c(-c1ccccc1)c1ccc([se]1)c(-c1ccccc1)c1ccc([nH]1)c1nc(c(-c3ccccc3)c3ccc([se]3)c3ccc([se]3)c(-c3ccccc3)c3ccc2[nH]3)C=C1. The second-order valence-electron chi connectivity index (χ2n) is 15.5. The molecule has 12 rings (SSSR count). The number of aromatic amines is 2. The average Bonchev–Trinajstić information content (AvgIpc) is 4.19. The van der Waals surface area contributed by atoms with E-state index in [1.54, 1.807) is 0 Å². The Labute approximate surface area is 381 Å². The predicted molar refractivity (Wildman–Crippen MR) is 270 cm³/mol. The Morgan fingerprint density at radius 3 is 0.921 bits per heavy atom. The van der Waals surface area contributed by atoms with Crippen LogP contribution in [0.4, 0.5) is 0 Å². The quantitative estimate of drug-likeness (QED) is 0.173. The topological polar surface area (TPSA) is 57.4 Å². The van der Waals surface area contributed by atoms with Gasteiger partial charge in [-0.2, -0.15) is 0 Å². The Kier molecular flexibility index (Phi) is 9.88. The maximum atomic E-state index is 5.38. The number of fused-ring (bicyclic) bond motifs is 17. The second-order valence-corrected chi connectivity index (χ2v) is 22.3. The molecule has 0 unspecified atom stereocenters. The van der Waals surface area contributed by atoms with Crippen LogP contribution in [0.5, 0.6) is 0 Å². The zero-order valence-corrected chi connectivity index (χ0v) is 38.9. The molecule has 0 saturated carbocycles. The van der Waals surface area contributed by atoms with Gasteiger partial charge < -0.3 is 0 Å². The van der Waals surface area contributed by atoms with Crippen LogP contribution in [0.3, 0.4) is 0 Å². The van der Waals surface area contributed by atoms with Gasteiger partial charge in [-0.25, -0.2) is 0 Å². The molecular formula is C56H36N4Se3. The van der Waals surface area contributed by atoms with Crippen LogP contribution in [-0.2, 0) is 0 Å². The second kappa shape index (κ2) is 16.3. The summed E-state index contributed by atoms with van der Waals surface area (Å²) in [6.07, 6.45) is 8.73. The fraction of sp³-hybridized carbons (Fsp3) is 0. The summed E-state index contributed by atoms with van der Waals surface area (Å²) in [6.45, 7) is 0. The van der Waals surface area contributed by atoms with Crippen LogP contribution in [0.2, 0.25) is 0 Å². The summed E-state index contributed by atoms with van der Waals surface area (Å²) in [5.41, 5.74) is 17.7. The van der Waals surface area contributed by atoms with E-state index in [2.05, 4.69) is 216 Å². The monoisotopic (exact) mass is 1000 g/mol. The molecule has 7 heteroatoms. The third-order valence-electron chi connectivity index (χ3n) is 11.6. The van der Waals surface area contributed by atoms with E-state index in [-0.39, 0.29) is 43.5 Å². The van der Waals surface area contributed by atoms with Crippen LogP contribution in [0.1, 0.15) is 22.8 Å². The van der Waals surface area contributed by atoms with Gasteiger partial charge in [0.05, 0.1) is 0 Å². The molecule has 10 aromatic rings. The zero-order chi connectivity index (χ0) is 41.7. The van der Waals surface area contributed by atoms with Crippen molar-refractivity contribution in [2.24, 2.45) is 0 Å². The van der Waals surface area contributed by atoms with Crippen LogP contribution in [0, 0.1) is 0 Å². The standard InChI is InChI=1S/C56H36N4Se3/c1-5-13-35(14-6-1)53-43-25-21-39(57-43)41-23-27-45(59-41)55(37-17-9-3-10-18-37)51-33-34-52(63-51)56(38-19-11-4-12-20-38)46-28-24-42(60-46)40-22-26-44(58-40)54(36-15-7-2-8-16-36)50-32-30-48(62-50)47-29-31-49(53)61-47/h1-34,57,60H. The van der Waals surface area contributed by atoms with Crippen molar-refractivity contribution in [1.29, 1.82) is 0 Å². The molecule has 4 aromatic carbocycles. The van der Waals surface area contributed by atoms with E-state index in [9.17, 15) is 0 Å². The molecule has 0 atom stereocenters. The normalized spacial score (nSPS) is 12.0. The minimum atomic E-state index is -0.00921. The summed E-state index contributed by atoms with van der Waals surface area (Å²) < 4.78 is 8.21. The van der Waals surface area contributed by atoms with Gasteiger partial charge in [0.25, 0.3) is 0 Å². The molecule has 0 radical (unpaired) electrons. The zero-order valence-electron chi connectivity index (χ0n) is 33.7. The van der Waals surface area contributed by atoms with E-state index in [0.717, 1.165) is 44.8 Å². The summed E-state index contributed by atoms with van der Waals surface area (Å²) in [4.78, 5) is 18.4. The van der Waals surface area contributed by atoms with Gasteiger partial charge >= 0.3 is 385 Å². The molecule has 4 nitrogen and oxygen atoms in total. The van der Waals surface area contributed by atoms with Crippen LogP contribution in [-0.4, -0.2) is 63.4 Å². The number of hydrogen-bond donors (Lipinski definition) is 2. The summed E-state index contributed by atoms with van der Waals surface area (Å²) in [5, 5.41) is 0. The van der Waals surface area contributed by atoms with Gasteiger partial charge in [0.1, 0.15) is 0 Å². The number of H-pyrrole nitrogens is 2. The summed E-state index contributed by atoms with van der Waals surface area (Å²) in [6, 6.07) is 66.1. The van der Waals surface area contributed by atoms with Crippen molar-refractivity contribution in [3.63, 3.8) is 0 Å². The fourth-order valence-electron chi connectivity index (χ4n) is 8.61. The maximum absolute atomic E-state index is 5.38. The first-order valence-corrected chi connectivity index (χ1v) is 26.0. The minimum absolute atomic E-state index is 0.00921. The number of nitrogens with zero attached hydrogens (tertiary/aromatic N) is 2. The number of aromatic nitrogens is 4. The third-order valence-corrected chi connectivity index (χ3v) is 19.3. The Hall–Kier alpha value is -6.52. The summed E-state index contributed by atoms with van der Waals surface area (Å²) in [7, 11) is 0. The molecule has 14 bridgehead atoms. The molecule has 0 spiro atoms. The molecule has 0 saturated heterocycles. The van der Waals surface area contributed by atoms with E-state index in [4.69, 9.17) is 9.97 Å². The molecule has 2 aliphatic rings. The average molecular weight is 1000 g/mol. The van der Waals surface area contributed by atoms with Crippen molar-refractivity contribution in [2.75, 3.05) is 0 Å². The van der Waals surface area contributed by atoms with E-state index < -0.39 is 0 Å². The Morgan fingerprint density at radius 1 is 0.254 bits per heavy atom. The first-order chi connectivity index (χ1) is 31.2. The van der Waals surface area contributed by atoms with Crippen molar-refractivity contribution in [3.05, 3.63) is 205 Å². The number of hydrogen-bond acceptors (Lipinski definition) is 2. The Balaban J connectivity index is 1.21. The summed E-state index contributed by atoms with van der Waals surface area (Å²) >= 11 is 0.221. The molecule has 0 amide bonds. The summed E-state index contributed by atoms with van der Waals surface area (Å²) in [5.74, 6) is 0. The molecular weight excluding hydrogens is 966 g/mol. The van der Waals surface area contributed by atoms with Crippen molar-refractivity contribution >= 4 is 115 Å². The van der Waals surface area contributed by atoms with Crippen LogP contribution in [0.25, 0.3) is 116 Å². The van der Waals surface area contributed by atoms with Gasteiger partial charge in [-0.3, -0.25) is 0 Å². The first kappa shape index (κ1) is 38.2. The van der Waals surface area contributed by atoms with Crippen molar-refractivity contribution in [3.8, 4) is 44.5 Å². The third kappa shape index (κ3) is 7.20. The van der Waals surface area contributed by atoms with Crippen LogP contribution < -0.4 is 0 Å². The van der Waals surface area contributed by atoms with Gasteiger partial charge in [0.2, 0.25) is 0 Å². The van der Waals surface area contributed by atoms with Gasteiger partial charge in [0.15, 0.2) is 0 Å². The molecule has 2 N–H and O–H groups in total. The van der Waals surface area contributed by atoms with Gasteiger partial charge in [-0.05, 0) is 0 Å². The van der Waals surface area contributed by atoms with E-state index in [1.807, 2.05) is 0 Å². The predicted octanol–water partition coefficient (Wildman–Crippen LogP) is 13.6. The van der Waals surface area contributed by atoms with E-state index in [0.29, 0.717) is 0 Å². The Morgan fingerprint density at radius 2 is 0.540 bits per heavy atom. The van der Waals surface area contributed by atoms with Gasteiger partial charge in [0, 0.05) is 0 Å². The van der Waals surface area contributed by atoms with Gasteiger partial charge in [-0.1, -0.05) is 0 Å². The van der Waals surface area contributed by atoms with Crippen molar-refractivity contribution < 1.29 is 0 Å². The van der Waals surface area contributed by atoms with Gasteiger partial charge in [-0.15, -0.1) is 0 Å². The number of benzene rings is 4. The number of rotatable bonds is 4. The molecule has 0 aliphatic carbocycles.